The van der Waals surface area contributed by atoms with Crippen molar-refractivity contribution in [3.63, 3.8) is 0 Å². The molecular weight excluding hydrogens is 436 g/mol. The third-order valence-electron chi connectivity index (χ3n) is 5.95. The van der Waals surface area contributed by atoms with Crippen LogP contribution in [0, 0.1) is 6.92 Å². The van der Waals surface area contributed by atoms with Crippen molar-refractivity contribution in [1.29, 1.82) is 0 Å². The topological polar surface area (TPSA) is 77.4 Å². The maximum absolute atomic E-state index is 13.3. The van der Waals surface area contributed by atoms with Gasteiger partial charge in [0.1, 0.15) is 13.2 Å². The second kappa shape index (κ2) is 9.79. The summed E-state index contributed by atoms with van der Waals surface area (Å²) >= 11 is 1.59. The molecule has 2 aliphatic heterocycles. The number of likely N-dealkylation sites (tertiary alicyclic amines) is 1. The molecule has 4 heterocycles. The van der Waals surface area contributed by atoms with Crippen LogP contribution in [0.15, 0.2) is 53.9 Å². The molecule has 0 bridgehead atoms. The first-order valence-electron chi connectivity index (χ1n) is 11.2. The number of thioether (sulfide) groups is 1. The summed E-state index contributed by atoms with van der Waals surface area (Å²) in [5, 5.41) is 0.747. The first-order chi connectivity index (χ1) is 16.2. The quantitative estimate of drug-likeness (QED) is 0.414. The SMILES string of the molecule is Cc1cnc(SCc2ccccn2)nc1C1CCCN(C(=O)c2ccc3c(c2)OCCO3)C1. The fraction of sp³-hybridized carbons (Fsp3) is 0.360. The number of aryl methyl sites for hydroxylation is 1. The molecule has 1 atom stereocenters. The van der Waals surface area contributed by atoms with E-state index < -0.39 is 0 Å². The number of fused-ring (bicyclic) bond motifs is 1. The van der Waals surface area contributed by atoms with Gasteiger partial charge in [-0.25, -0.2) is 9.97 Å². The highest BCUT2D eigenvalue weighted by Gasteiger charge is 2.28. The number of rotatable bonds is 5. The molecule has 7 nitrogen and oxygen atoms in total. The van der Waals surface area contributed by atoms with Crippen molar-refractivity contribution < 1.29 is 14.3 Å². The smallest absolute Gasteiger partial charge is 0.254 e. The third-order valence-corrected chi connectivity index (χ3v) is 6.84. The van der Waals surface area contributed by atoms with Gasteiger partial charge in [-0.1, -0.05) is 17.8 Å². The Morgan fingerprint density at radius 2 is 2.03 bits per heavy atom. The highest BCUT2D eigenvalue weighted by molar-refractivity contribution is 7.98. The summed E-state index contributed by atoms with van der Waals surface area (Å²) < 4.78 is 11.2. The van der Waals surface area contributed by atoms with E-state index in [0.717, 1.165) is 47.2 Å². The number of piperidine rings is 1. The van der Waals surface area contributed by atoms with Gasteiger partial charge in [-0.05, 0) is 55.7 Å². The molecule has 1 saturated heterocycles. The molecule has 8 heteroatoms. The average molecular weight is 463 g/mol. The zero-order chi connectivity index (χ0) is 22.6. The lowest BCUT2D eigenvalue weighted by Gasteiger charge is -2.33. The Kier molecular flexibility index (Phi) is 6.44. The van der Waals surface area contributed by atoms with Gasteiger partial charge in [0, 0.05) is 42.7 Å². The molecule has 0 saturated carbocycles. The van der Waals surface area contributed by atoms with E-state index in [-0.39, 0.29) is 11.8 Å². The number of hydrogen-bond donors (Lipinski definition) is 0. The van der Waals surface area contributed by atoms with Crippen molar-refractivity contribution in [2.24, 2.45) is 0 Å². The molecule has 1 fully saturated rings. The zero-order valence-electron chi connectivity index (χ0n) is 18.6. The van der Waals surface area contributed by atoms with E-state index in [9.17, 15) is 4.79 Å². The number of amides is 1. The van der Waals surface area contributed by atoms with Gasteiger partial charge < -0.3 is 14.4 Å². The van der Waals surface area contributed by atoms with Gasteiger partial charge in [0.15, 0.2) is 16.7 Å². The molecule has 2 aliphatic rings. The average Bonchev–Trinajstić information content (AvgIpc) is 2.88. The molecule has 3 aromatic rings. The monoisotopic (exact) mass is 462 g/mol. The number of carbonyl (C=O) groups excluding carboxylic acids is 1. The first-order valence-corrected chi connectivity index (χ1v) is 12.2. The summed E-state index contributed by atoms with van der Waals surface area (Å²) in [4.78, 5) is 29.0. The highest BCUT2D eigenvalue weighted by Crippen LogP contribution is 2.33. The largest absolute Gasteiger partial charge is 0.486 e. The van der Waals surface area contributed by atoms with E-state index >= 15 is 0 Å². The standard InChI is InChI=1S/C25H26N4O3S/c1-17-14-27-25(33-16-20-6-2-3-9-26-20)28-23(17)19-5-4-10-29(15-19)24(30)18-7-8-21-22(13-18)32-12-11-31-21/h2-3,6-9,13-14,19H,4-5,10-12,15-16H2,1H3. The molecule has 0 N–H and O–H groups in total. The van der Waals surface area contributed by atoms with Crippen molar-refractivity contribution in [1.82, 2.24) is 19.9 Å². The summed E-state index contributed by atoms with van der Waals surface area (Å²) in [6.07, 6.45) is 5.64. The normalized spacial score (nSPS) is 17.6. The van der Waals surface area contributed by atoms with Gasteiger partial charge in [0.2, 0.25) is 0 Å². The van der Waals surface area contributed by atoms with Gasteiger partial charge in [0.05, 0.1) is 11.4 Å². The number of aromatic nitrogens is 3. The van der Waals surface area contributed by atoms with Gasteiger partial charge in [-0.3, -0.25) is 9.78 Å². The van der Waals surface area contributed by atoms with Gasteiger partial charge in [0.25, 0.3) is 5.91 Å². The van der Waals surface area contributed by atoms with E-state index in [1.165, 1.54) is 0 Å². The van der Waals surface area contributed by atoms with Crippen molar-refractivity contribution in [2.45, 2.75) is 36.6 Å². The predicted octanol–water partition coefficient (Wildman–Crippen LogP) is 4.26. The first kappa shape index (κ1) is 21.7. The lowest BCUT2D eigenvalue weighted by molar-refractivity contribution is 0.0704. The number of pyridine rings is 1. The van der Waals surface area contributed by atoms with Crippen LogP contribution in [0.2, 0.25) is 0 Å². The minimum Gasteiger partial charge on any atom is -0.486 e. The zero-order valence-corrected chi connectivity index (χ0v) is 19.4. The van der Waals surface area contributed by atoms with Gasteiger partial charge in [-0.2, -0.15) is 0 Å². The van der Waals surface area contributed by atoms with Crippen LogP contribution in [0.5, 0.6) is 11.5 Å². The number of benzene rings is 1. The van der Waals surface area contributed by atoms with E-state index in [0.29, 0.717) is 36.8 Å². The number of ether oxygens (including phenoxy) is 2. The molecule has 1 unspecified atom stereocenters. The summed E-state index contributed by atoms with van der Waals surface area (Å²) in [5.74, 6) is 2.27. The fourth-order valence-electron chi connectivity index (χ4n) is 4.29. The molecule has 0 aliphatic carbocycles. The van der Waals surface area contributed by atoms with Crippen LogP contribution in [0.25, 0.3) is 0 Å². The lowest BCUT2D eigenvalue weighted by Crippen LogP contribution is -2.39. The van der Waals surface area contributed by atoms with Crippen molar-refractivity contribution in [3.8, 4) is 11.5 Å². The van der Waals surface area contributed by atoms with Crippen LogP contribution in [0.1, 0.15) is 46.1 Å². The minimum atomic E-state index is 0.0214. The Hall–Kier alpha value is -3.13. The summed E-state index contributed by atoms with van der Waals surface area (Å²) in [6, 6.07) is 11.3. The van der Waals surface area contributed by atoms with E-state index in [1.807, 2.05) is 48.4 Å². The molecule has 2 aromatic heterocycles. The van der Waals surface area contributed by atoms with E-state index in [4.69, 9.17) is 14.5 Å². The number of hydrogen-bond acceptors (Lipinski definition) is 7. The predicted molar refractivity (Wildman–Crippen MR) is 126 cm³/mol. The molecule has 170 valence electrons. The highest BCUT2D eigenvalue weighted by atomic mass is 32.2. The molecule has 5 rings (SSSR count). The van der Waals surface area contributed by atoms with Crippen LogP contribution in [0.3, 0.4) is 0 Å². The number of carbonyl (C=O) groups is 1. The van der Waals surface area contributed by atoms with Crippen molar-refractivity contribution >= 4 is 17.7 Å². The molecule has 0 radical (unpaired) electrons. The molecule has 1 amide bonds. The van der Waals surface area contributed by atoms with Crippen LogP contribution >= 0.6 is 11.8 Å². The van der Waals surface area contributed by atoms with Gasteiger partial charge in [-0.15, -0.1) is 0 Å². The third kappa shape index (κ3) is 4.95. The Balaban J connectivity index is 1.29. The van der Waals surface area contributed by atoms with Crippen LogP contribution in [-0.4, -0.2) is 52.1 Å². The molecular formula is C25H26N4O3S. The maximum Gasteiger partial charge on any atom is 0.254 e. The lowest BCUT2D eigenvalue weighted by atomic mass is 9.92. The molecule has 1 aromatic carbocycles. The summed E-state index contributed by atoms with van der Waals surface area (Å²) in [6.45, 7) is 4.48. The Morgan fingerprint density at radius 3 is 2.88 bits per heavy atom. The van der Waals surface area contributed by atoms with E-state index in [2.05, 4.69) is 9.97 Å². The molecule has 33 heavy (non-hydrogen) atoms. The summed E-state index contributed by atoms with van der Waals surface area (Å²) in [7, 11) is 0. The van der Waals surface area contributed by atoms with Crippen molar-refractivity contribution in [3.05, 3.63) is 71.3 Å². The van der Waals surface area contributed by atoms with Crippen LogP contribution in [-0.2, 0) is 5.75 Å². The number of nitrogens with zero attached hydrogens (tertiary/aromatic N) is 4. The van der Waals surface area contributed by atoms with E-state index in [1.54, 1.807) is 24.0 Å². The molecule has 0 spiro atoms. The Morgan fingerprint density at radius 1 is 1.15 bits per heavy atom. The minimum absolute atomic E-state index is 0.0214. The van der Waals surface area contributed by atoms with Crippen LogP contribution in [0.4, 0.5) is 0 Å². The van der Waals surface area contributed by atoms with Crippen molar-refractivity contribution in [2.75, 3.05) is 26.3 Å². The maximum atomic E-state index is 13.3. The fourth-order valence-corrected chi connectivity index (χ4v) is 5.02. The Bertz CT molecular complexity index is 1140. The summed E-state index contributed by atoms with van der Waals surface area (Å²) in [5.41, 5.74) is 3.73. The second-order valence-electron chi connectivity index (χ2n) is 8.28. The van der Waals surface area contributed by atoms with Gasteiger partial charge >= 0.3 is 0 Å². The Labute approximate surface area is 197 Å². The van der Waals surface area contributed by atoms with Crippen LogP contribution < -0.4 is 9.47 Å². The second-order valence-corrected chi connectivity index (χ2v) is 9.22.